The van der Waals surface area contributed by atoms with Gasteiger partial charge in [0, 0.05) is 0 Å². The number of methoxy groups -OCH3 is 1. The zero-order chi connectivity index (χ0) is 19.4. The van der Waals surface area contributed by atoms with E-state index in [1.807, 2.05) is 37.3 Å². The van der Waals surface area contributed by atoms with E-state index in [9.17, 15) is 14.4 Å². The van der Waals surface area contributed by atoms with Gasteiger partial charge in [-0.1, -0.05) is 55.8 Å². The highest BCUT2D eigenvalue weighted by Crippen LogP contribution is 2.34. The first kappa shape index (κ1) is 18.6. The van der Waals surface area contributed by atoms with Crippen LogP contribution in [0.2, 0.25) is 0 Å². The van der Waals surface area contributed by atoms with Crippen molar-refractivity contribution < 1.29 is 19.1 Å². The molecule has 1 fully saturated rings. The third-order valence-electron chi connectivity index (χ3n) is 4.76. The summed E-state index contributed by atoms with van der Waals surface area (Å²) in [7, 11) is 1.31. The highest BCUT2D eigenvalue weighted by Gasteiger charge is 2.51. The van der Waals surface area contributed by atoms with E-state index in [0.717, 1.165) is 12.0 Å². The van der Waals surface area contributed by atoms with Gasteiger partial charge in [0.25, 0.3) is 5.91 Å². The van der Waals surface area contributed by atoms with E-state index in [4.69, 9.17) is 4.74 Å². The lowest BCUT2D eigenvalue weighted by Crippen LogP contribution is -2.43. The van der Waals surface area contributed by atoms with Crippen LogP contribution in [0.5, 0.6) is 0 Å². The topological polar surface area (TPSA) is 75.7 Å². The summed E-state index contributed by atoms with van der Waals surface area (Å²) in [6, 6.07) is 15.6. The van der Waals surface area contributed by atoms with Crippen LogP contribution in [-0.4, -0.2) is 29.9 Å². The molecule has 0 bridgehead atoms. The second kappa shape index (κ2) is 7.61. The number of carbonyl (C=O) groups excluding carboxylic acids is 3. The number of nitrogens with one attached hydrogen (secondary N) is 1. The fourth-order valence-electron chi connectivity index (χ4n) is 3.47. The van der Waals surface area contributed by atoms with Crippen LogP contribution >= 0.6 is 0 Å². The van der Waals surface area contributed by atoms with Gasteiger partial charge in [-0.2, -0.15) is 0 Å². The first-order valence-electron chi connectivity index (χ1n) is 8.88. The Kier molecular flexibility index (Phi) is 5.26. The minimum atomic E-state index is -1.05. The van der Waals surface area contributed by atoms with Crippen LogP contribution in [0.15, 0.2) is 54.6 Å². The first-order valence-corrected chi connectivity index (χ1v) is 8.88. The Morgan fingerprint density at radius 3 is 2.52 bits per heavy atom. The van der Waals surface area contributed by atoms with E-state index >= 15 is 0 Å². The fourth-order valence-corrected chi connectivity index (χ4v) is 3.47. The smallest absolute Gasteiger partial charge is 0.337 e. The predicted molar refractivity (Wildman–Crippen MR) is 99.9 cm³/mol. The lowest BCUT2D eigenvalue weighted by Gasteiger charge is -2.27. The number of nitrogens with zero attached hydrogens (tertiary/aromatic N) is 1. The standard InChI is InChI=1S/C21H22N2O4/c1-3-12-21(17-10-5-4-6-11-17)19(25)23(20(26)22-21)14-15-8-7-9-16(13-15)18(24)27-2/h4-11,13H,3,12,14H2,1-2H3,(H,22,26)/t21-/m0/s1. The zero-order valence-corrected chi connectivity index (χ0v) is 15.4. The molecule has 0 radical (unpaired) electrons. The summed E-state index contributed by atoms with van der Waals surface area (Å²) in [5.74, 6) is -0.734. The highest BCUT2D eigenvalue weighted by atomic mass is 16.5. The highest BCUT2D eigenvalue weighted by molar-refractivity contribution is 6.07. The number of ether oxygens (including phenoxy) is 1. The minimum Gasteiger partial charge on any atom is -0.465 e. The molecule has 0 aromatic heterocycles. The van der Waals surface area contributed by atoms with Gasteiger partial charge in [-0.3, -0.25) is 9.69 Å². The maximum Gasteiger partial charge on any atom is 0.337 e. The summed E-state index contributed by atoms with van der Waals surface area (Å²) in [4.78, 5) is 38.8. The quantitative estimate of drug-likeness (QED) is 0.629. The van der Waals surface area contributed by atoms with Crippen LogP contribution in [0.1, 0.15) is 41.3 Å². The number of hydrogen-bond donors (Lipinski definition) is 1. The van der Waals surface area contributed by atoms with Crippen molar-refractivity contribution in [1.82, 2.24) is 10.2 Å². The van der Waals surface area contributed by atoms with Crippen molar-refractivity contribution in [1.29, 1.82) is 0 Å². The summed E-state index contributed by atoms with van der Waals surface area (Å²) >= 11 is 0. The molecule has 3 rings (SSSR count). The Labute approximate surface area is 158 Å². The maximum absolute atomic E-state index is 13.3. The van der Waals surface area contributed by atoms with Crippen molar-refractivity contribution in [3.8, 4) is 0 Å². The second-order valence-corrected chi connectivity index (χ2v) is 6.53. The van der Waals surface area contributed by atoms with Crippen molar-refractivity contribution in [2.24, 2.45) is 0 Å². The molecule has 1 atom stereocenters. The van der Waals surface area contributed by atoms with E-state index in [-0.39, 0.29) is 12.5 Å². The van der Waals surface area contributed by atoms with Crippen LogP contribution in [0.4, 0.5) is 4.79 Å². The number of benzene rings is 2. The normalized spacial score (nSPS) is 19.1. The maximum atomic E-state index is 13.3. The molecule has 1 saturated heterocycles. The average molecular weight is 366 g/mol. The summed E-state index contributed by atoms with van der Waals surface area (Å²) in [6.07, 6.45) is 1.26. The third-order valence-corrected chi connectivity index (χ3v) is 4.76. The Morgan fingerprint density at radius 1 is 1.11 bits per heavy atom. The second-order valence-electron chi connectivity index (χ2n) is 6.53. The van der Waals surface area contributed by atoms with Gasteiger partial charge in [0.15, 0.2) is 0 Å². The molecule has 140 valence electrons. The molecular formula is C21H22N2O4. The van der Waals surface area contributed by atoms with E-state index < -0.39 is 17.5 Å². The monoisotopic (exact) mass is 366 g/mol. The molecule has 1 N–H and O–H groups in total. The van der Waals surface area contributed by atoms with Gasteiger partial charge < -0.3 is 10.1 Å². The molecule has 1 aliphatic heterocycles. The van der Waals surface area contributed by atoms with Crippen molar-refractivity contribution >= 4 is 17.9 Å². The average Bonchev–Trinajstić information content (AvgIpc) is 2.93. The van der Waals surface area contributed by atoms with Crippen molar-refractivity contribution in [3.05, 3.63) is 71.3 Å². The van der Waals surface area contributed by atoms with Crippen LogP contribution in [0.25, 0.3) is 0 Å². The van der Waals surface area contributed by atoms with E-state index in [2.05, 4.69) is 5.32 Å². The van der Waals surface area contributed by atoms with Gasteiger partial charge in [0.05, 0.1) is 19.2 Å². The number of rotatable bonds is 6. The lowest BCUT2D eigenvalue weighted by atomic mass is 9.85. The van der Waals surface area contributed by atoms with E-state index in [1.165, 1.54) is 12.0 Å². The number of hydrogen-bond acceptors (Lipinski definition) is 4. The van der Waals surface area contributed by atoms with Crippen molar-refractivity contribution in [2.75, 3.05) is 7.11 Å². The molecule has 6 heteroatoms. The Balaban J connectivity index is 1.91. The van der Waals surface area contributed by atoms with Crippen LogP contribution in [0, 0.1) is 0 Å². The van der Waals surface area contributed by atoms with Crippen LogP contribution < -0.4 is 5.32 Å². The molecular weight excluding hydrogens is 344 g/mol. The summed E-state index contributed by atoms with van der Waals surface area (Å²) in [5.41, 5.74) is 0.787. The molecule has 2 aromatic carbocycles. The first-order chi connectivity index (χ1) is 13.0. The molecule has 3 amide bonds. The number of urea groups is 1. The SMILES string of the molecule is CCC[C@@]1(c2ccccc2)NC(=O)N(Cc2cccc(C(=O)OC)c2)C1=O. The minimum absolute atomic E-state index is 0.0911. The molecule has 1 aliphatic rings. The number of amides is 3. The van der Waals surface area contributed by atoms with E-state index in [1.54, 1.807) is 24.3 Å². The van der Waals surface area contributed by atoms with Crippen LogP contribution in [-0.2, 0) is 21.6 Å². The Hall–Kier alpha value is -3.15. The molecule has 0 unspecified atom stereocenters. The summed E-state index contributed by atoms with van der Waals surface area (Å²) < 4.78 is 4.73. The fraction of sp³-hybridized carbons (Fsp3) is 0.286. The molecule has 0 saturated carbocycles. The third kappa shape index (κ3) is 3.43. The van der Waals surface area contributed by atoms with E-state index in [0.29, 0.717) is 17.5 Å². The van der Waals surface area contributed by atoms with Gasteiger partial charge >= 0.3 is 12.0 Å². The van der Waals surface area contributed by atoms with Gasteiger partial charge in [-0.05, 0) is 29.7 Å². The lowest BCUT2D eigenvalue weighted by molar-refractivity contribution is -0.132. The molecule has 27 heavy (non-hydrogen) atoms. The van der Waals surface area contributed by atoms with Crippen LogP contribution in [0.3, 0.4) is 0 Å². The number of carbonyl (C=O) groups is 3. The zero-order valence-electron chi connectivity index (χ0n) is 15.4. The van der Waals surface area contributed by atoms with Gasteiger partial charge in [0.1, 0.15) is 5.54 Å². The molecule has 6 nitrogen and oxygen atoms in total. The Bertz CT molecular complexity index is 865. The summed E-state index contributed by atoms with van der Waals surface area (Å²) in [5, 5.41) is 2.90. The van der Waals surface area contributed by atoms with Gasteiger partial charge in [-0.15, -0.1) is 0 Å². The van der Waals surface area contributed by atoms with Gasteiger partial charge in [0.2, 0.25) is 0 Å². The van der Waals surface area contributed by atoms with Gasteiger partial charge in [-0.25, -0.2) is 9.59 Å². The number of imide groups is 1. The number of esters is 1. The van der Waals surface area contributed by atoms with Crippen molar-refractivity contribution in [2.45, 2.75) is 31.8 Å². The summed E-state index contributed by atoms with van der Waals surface area (Å²) in [6.45, 7) is 2.07. The molecule has 1 heterocycles. The molecule has 0 aliphatic carbocycles. The largest absolute Gasteiger partial charge is 0.465 e. The van der Waals surface area contributed by atoms with Crippen molar-refractivity contribution in [3.63, 3.8) is 0 Å². The molecule has 0 spiro atoms. The molecule has 2 aromatic rings. The Morgan fingerprint density at radius 2 is 1.85 bits per heavy atom. The predicted octanol–water partition coefficient (Wildman–Crippen LogP) is 3.22.